The molecule has 0 saturated carbocycles. The number of benzene rings is 2. The van der Waals surface area contributed by atoms with Gasteiger partial charge in [-0.05, 0) is 59.5 Å². The van der Waals surface area contributed by atoms with Crippen molar-refractivity contribution in [3.63, 3.8) is 0 Å². The standard InChI is InChI=1S/C34H40F2N6O4/c1-2-22-19-42(20-24-15-27(5-6-28(22)24)46-31-7-8-37-33-30(31)17-26(21-44)38-33)34(45)39-25-4-3-23(29(16-25)32(35)36)18-41-11-9-40(10-12-41)13-14-43/h3-8,15-17,22,32,43-44H,2,9-14,18-21H2,1H3,(H,37,38)(H,39,45)/t22-/m1/s1. The molecule has 0 aliphatic carbocycles. The molecule has 1 atom stereocenters. The maximum Gasteiger partial charge on any atom is 0.322 e. The number of hydrogen-bond donors (Lipinski definition) is 4. The van der Waals surface area contributed by atoms with Crippen molar-refractivity contribution in [1.29, 1.82) is 0 Å². The fourth-order valence-electron chi connectivity index (χ4n) is 6.45. The lowest BCUT2D eigenvalue weighted by Crippen LogP contribution is -2.46. The van der Waals surface area contributed by atoms with Gasteiger partial charge in [-0.2, -0.15) is 0 Å². The number of rotatable bonds is 10. The summed E-state index contributed by atoms with van der Waals surface area (Å²) in [5.74, 6) is 1.33. The number of aromatic nitrogens is 2. The van der Waals surface area contributed by atoms with Gasteiger partial charge in [0, 0.05) is 81.4 Å². The molecule has 46 heavy (non-hydrogen) atoms. The minimum absolute atomic E-state index is 0.0773. The minimum atomic E-state index is -2.67. The number of ether oxygens (including phenoxy) is 1. The van der Waals surface area contributed by atoms with Crippen LogP contribution in [0.25, 0.3) is 11.0 Å². The number of aliphatic hydroxyl groups is 2. The number of carbonyl (C=O) groups excluding carboxylic acids is 1. The summed E-state index contributed by atoms with van der Waals surface area (Å²) < 4.78 is 34.6. The van der Waals surface area contributed by atoms with Crippen molar-refractivity contribution in [2.24, 2.45) is 0 Å². The Morgan fingerprint density at radius 3 is 2.63 bits per heavy atom. The number of alkyl halides is 2. The second kappa shape index (κ2) is 14.1. The van der Waals surface area contributed by atoms with Crippen LogP contribution in [0, 0.1) is 0 Å². The first-order valence-corrected chi connectivity index (χ1v) is 15.8. The number of β-amino-alcohol motifs (C(OH)–C–C–N with tert-alkyl or cyclic N) is 1. The Labute approximate surface area is 266 Å². The molecule has 0 spiro atoms. The second-order valence-corrected chi connectivity index (χ2v) is 12.0. The number of halogens is 2. The van der Waals surface area contributed by atoms with Crippen molar-refractivity contribution in [2.45, 2.75) is 45.4 Å². The number of piperazine rings is 1. The van der Waals surface area contributed by atoms with E-state index in [0.29, 0.717) is 60.3 Å². The summed E-state index contributed by atoms with van der Waals surface area (Å²) in [5, 5.41) is 22.3. The van der Waals surface area contributed by atoms with Crippen LogP contribution in [0.3, 0.4) is 0 Å². The molecule has 2 aromatic carbocycles. The molecule has 4 N–H and O–H groups in total. The van der Waals surface area contributed by atoms with E-state index < -0.39 is 6.43 Å². The van der Waals surface area contributed by atoms with E-state index in [1.165, 1.54) is 6.07 Å². The molecule has 1 fully saturated rings. The maximum absolute atomic E-state index is 14.2. The van der Waals surface area contributed by atoms with Gasteiger partial charge in [-0.3, -0.25) is 9.80 Å². The molecule has 1 saturated heterocycles. The highest BCUT2D eigenvalue weighted by Gasteiger charge is 2.28. The summed E-state index contributed by atoms with van der Waals surface area (Å²) in [6.45, 7) is 7.00. The Balaban J connectivity index is 1.15. The Kier molecular flexibility index (Phi) is 9.78. The van der Waals surface area contributed by atoms with E-state index in [0.717, 1.165) is 49.1 Å². The normalized spacial score (nSPS) is 17.4. The van der Waals surface area contributed by atoms with Crippen molar-refractivity contribution in [3.05, 3.63) is 82.7 Å². The van der Waals surface area contributed by atoms with E-state index in [1.54, 1.807) is 29.3 Å². The predicted octanol–water partition coefficient (Wildman–Crippen LogP) is 5.44. The van der Waals surface area contributed by atoms with Crippen LogP contribution in [0.2, 0.25) is 0 Å². The lowest BCUT2D eigenvalue weighted by atomic mass is 9.88. The number of nitrogens with zero attached hydrogens (tertiary/aromatic N) is 4. The predicted molar refractivity (Wildman–Crippen MR) is 171 cm³/mol. The molecular weight excluding hydrogens is 594 g/mol. The van der Waals surface area contributed by atoms with E-state index in [4.69, 9.17) is 9.84 Å². The number of aromatic amines is 1. The number of aliphatic hydroxyl groups excluding tert-OH is 2. The number of anilines is 1. The zero-order valence-electron chi connectivity index (χ0n) is 25.9. The second-order valence-electron chi connectivity index (χ2n) is 12.0. The van der Waals surface area contributed by atoms with Gasteiger partial charge in [0.05, 0.1) is 18.6 Å². The zero-order chi connectivity index (χ0) is 32.2. The fourth-order valence-corrected chi connectivity index (χ4v) is 6.45. The van der Waals surface area contributed by atoms with Crippen LogP contribution in [-0.4, -0.2) is 86.8 Å². The van der Waals surface area contributed by atoms with Crippen molar-refractivity contribution < 1.29 is 28.5 Å². The highest BCUT2D eigenvalue weighted by molar-refractivity contribution is 5.90. The van der Waals surface area contributed by atoms with Crippen LogP contribution in [0.5, 0.6) is 11.5 Å². The summed E-state index contributed by atoms with van der Waals surface area (Å²) in [6, 6.07) is 13.9. The van der Waals surface area contributed by atoms with Gasteiger partial charge < -0.3 is 30.2 Å². The van der Waals surface area contributed by atoms with Crippen LogP contribution in [0.1, 0.15) is 53.6 Å². The molecule has 2 aromatic heterocycles. The van der Waals surface area contributed by atoms with Gasteiger partial charge in [0.15, 0.2) is 0 Å². The summed E-state index contributed by atoms with van der Waals surface area (Å²) >= 11 is 0. The molecule has 4 heterocycles. The van der Waals surface area contributed by atoms with E-state index in [2.05, 4.69) is 32.0 Å². The van der Waals surface area contributed by atoms with Gasteiger partial charge in [0.25, 0.3) is 6.43 Å². The number of urea groups is 1. The number of hydrogen-bond acceptors (Lipinski definition) is 7. The molecule has 0 radical (unpaired) electrons. The monoisotopic (exact) mass is 634 g/mol. The fraction of sp³-hybridized carbons (Fsp3) is 0.412. The van der Waals surface area contributed by atoms with Gasteiger partial charge in [-0.15, -0.1) is 0 Å². The number of fused-ring (bicyclic) bond motifs is 2. The topological polar surface area (TPSA) is 117 Å². The van der Waals surface area contributed by atoms with E-state index in [-0.39, 0.29) is 30.7 Å². The van der Waals surface area contributed by atoms with Gasteiger partial charge in [-0.25, -0.2) is 18.6 Å². The third kappa shape index (κ3) is 7.00. The average molecular weight is 635 g/mol. The van der Waals surface area contributed by atoms with Gasteiger partial charge in [0.2, 0.25) is 0 Å². The van der Waals surface area contributed by atoms with E-state index in [9.17, 15) is 18.7 Å². The molecule has 10 nitrogen and oxygen atoms in total. The average Bonchev–Trinajstić information content (AvgIpc) is 3.50. The first-order chi connectivity index (χ1) is 22.3. The maximum atomic E-state index is 14.2. The van der Waals surface area contributed by atoms with Crippen LogP contribution < -0.4 is 10.1 Å². The molecule has 0 bridgehead atoms. The van der Waals surface area contributed by atoms with Crippen LogP contribution in [0.4, 0.5) is 19.3 Å². The number of amides is 2. The van der Waals surface area contributed by atoms with Crippen LogP contribution in [-0.2, 0) is 19.7 Å². The summed E-state index contributed by atoms with van der Waals surface area (Å²) in [5.41, 5.74) is 4.18. The molecule has 0 unspecified atom stereocenters. The SMILES string of the molecule is CC[C@@H]1CN(C(=O)Nc2ccc(CN3CCN(CCO)CC3)c(C(F)F)c2)Cc2cc(Oc3ccnc4[nH]c(CO)cc34)ccc21. The third-order valence-electron chi connectivity index (χ3n) is 8.99. The first-order valence-electron chi connectivity index (χ1n) is 15.8. The number of H-pyrrole nitrogens is 1. The van der Waals surface area contributed by atoms with E-state index >= 15 is 0 Å². The quantitative estimate of drug-likeness (QED) is 0.184. The Morgan fingerprint density at radius 2 is 1.89 bits per heavy atom. The number of pyridine rings is 1. The number of carbonyl (C=O) groups is 1. The van der Waals surface area contributed by atoms with Crippen molar-refractivity contribution in [3.8, 4) is 11.5 Å². The molecule has 12 heteroatoms. The van der Waals surface area contributed by atoms with Gasteiger partial charge in [-0.1, -0.05) is 19.1 Å². The first kappa shape index (κ1) is 31.9. The molecule has 2 aliphatic rings. The number of nitrogens with one attached hydrogen (secondary N) is 2. The highest BCUT2D eigenvalue weighted by atomic mass is 19.3. The van der Waals surface area contributed by atoms with Gasteiger partial charge in [0.1, 0.15) is 17.1 Å². The van der Waals surface area contributed by atoms with Crippen LogP contribution in [0.15, 0.2) is 54.7 Å². The van der Waals surface area contributed by atoms with Gasteiger partial charge >= 0.3 is 6.03 Å². The Bertz CT molecular complexity index is 1670. The Hall–Kier alpha value is -4.10. The van der Waals surface area contributed by atoms with Crippen molar-refractivity contribution in [1.82, 2.24) is 24.7 Å². The molecule has 4 aromatic rings. The lowest BCUT2D eigenvalue weighted by Gasteiger charge is -2.35. The largest absolute Gasteiger partial charge is 0.457 e. The highest BCUT2D eigenvalue weighted by Crippen LogP contribution is 2.36. The van der Waals surface area contributed by atoms with Crippen molar-refractivity contribution >= 4 is 22.8 Å². The summed E-state index contributed by atoms with van der Waals surface area (Å²) in [7, 11) is 0. The summed E-state index contributed by atoms with van der Waals surface area (Å²) in [6.07, 6.45) is -0.205. The third-order valence-corrected chi connectivity index (χ3v) is 8.99. The molecule has 2 amide bonds. The molecule has 244 valence electrons. The van der Waals surface area contributed by atoms with E-state index in [1.807, 2.05) is 24.3 Å². The van der Waals surface area contributed by atoms with Crippen LogP contribution >= 0.6 is 0 Å². The lowest BCUT2D eigenvalue weighted by molar-refractivity contribution is 0.106. The molecular formula is C34H40F2N6O4. The summed E-state index contributed by atoms with van der Waals surface area (Å²) in [4.78, 5) is 26.9. The molecule has 6 rings (SSSR count). The Morgan fingerprint density at radius 1 is 1.09 bits per heavy atom. The van der Waals surface area contributed by atoms with Crippen molar-refractivity contribution in [2.75, 3.05) is 51.2 Å². The molecule has 2 aliphatic heterocycles. The minimum Gasteiger partial charge on any atom is -0.457 e. The zero-order valence-corrected chi connectivity index (χ0v) is 25.9. The smallest absolute Gasteiger partial charge is 0.322 e.